The third-order valence-corrected chi connectivity index (χ3v) is 5.60. The van der Waals surface area contributed by atoms with Crippen LogP contribution < -0.4 is 15.4 Å². The summed E-state index contributed by atoms with van der Waals surface area (Å²) in [5, 5.41) is 6.50. The highest BCUT2D eigenvalue weighted by atomic mass is 19.1. The van der Waals surface area contributed by atoms with Crippen molar-refractivity contribution in [3.05, 3.63) is 54.0 Å². The van der Waals surface area contributed by atoms with E-state index in [9.17, 15) is 9.18 Å². The van der Waals surface area contributed by atoms with Gasteiger partial charge in [0.1, 0.15) is 11.9 Å². The Morgan fingerprint density at radius 2 is 2.23 bits per heavy atom. The van der Waals surface area contributed by atoms with Gasteiger partial charge in [0.2, 0.25) is 5.88 Å². The van der Waals surface area contributed by atoms with E-state index in [-0.39, 0.29) is 17.9 Å². The number of carbonyl (C=O) groups is 1. The lowest BCUT2D eigenvalue weighted by Crippen LogP contribution is -2.43. The number of esters is 1. The molecule has 1 fully saturated rings. The molecule has 30 heavy (non-hydrogen) atoms. The molecule has 1 aromatic heterocycles. The maximum absolute atomic E-state index is 13.4. The fourth-order valence-electron chi connectivity index (χ4n) is 3.82. The van der Waals surface area contributed by atoms with E-state index in [1.165, 1.54) is 12.1 Å². The van der Waals surface area contributed by atoms with Gasteiger partial charge in [-0.15, -0.1) is 0 Å². The van der Waals surface area contributed by atoms with Crippen LogP contribution in [0.1, 0.15) is 37.7 Å². The van der Waals surface area contributed by atoms with Gasteiger partial charge in [-0.2, -0.15) is 0 Å². The Hall–Kier alpha value is -2.67. The third kappa shape index (κ3) is 5.92. The minimum atomic E-state index is -0.469. The molecule has 1 aromatic carbocycles. The number of ether oxygens (including phenoxy) is 2. The number of aromatic nitrogens is 1. The molecule has 6 nitrogen and oxygen atoms in total. The van der Waals surface area contributed by atoms with E-state index in [1.54, 1.807) is 31.5 Å². The summed E-state index contributed by atoms with van der Waals surface area (Å²) in [6.07, 6.45) is 4.02. The number of benzene rings is 1. The highest BCUT2D eigenvalue weighted by molar-refractivity contribution is 5.78. The molecule has 2 aromatic rings. The van der Waals surface area contributed by atoms with Gasteiger partial charge in [0.15, 0.2) is 0 Å². The molecule has 0 bridgehead atoms. The second-order valence-electron chi connectivity index (χ2n) is 7.55. The minimum Gasteiger partial charge on any atom is -0.481 e. The van der Waals surface area contributed by atoms with Crippen LogP contribution in [0, 0.1) is 11.7 Å². The van der Waals surface area contributed by atoms with Crippen molar-refractivity contribution in [3.63, 3.8) is 0 Å². The highest BCUT2D eigenvalue weighted by Crippen LogP contribution is 2.26. The number of hydrogen-bond donors (Lipinski definition) is 2. The van der Waals surface area contributed by atoms with Crippen LogP contribution in [0.5, 0.6) is 5.88 Å². The van der Waals surface area contributed by atoms with Crippen molar-refractivity contribution in [1.29, 1.82) is 0 Å². The van der Waals surface area contributed by atoms with E-state index >= 15 is 0 Å². The lowest BCUT2D eigenvalue weighted by molar-refractivity contribution is -0.154. The van der Waals surface area contributed by atoms with Crippen molar-refractivity contribution < 1.29 is 18.7 Å². The number of carbonyl (C=O) groups excluding carboxylic acids is 1. The topological polar surface area (TPSA) is 72.5 Å². The molecule has 1 saturated heterocycles. The molecule has 3 atom stereocenters. The summed E-state index contributed by atoms with van der Waals surface area (Å²) in [5.74, 6) is -0.161. The molecule has 0 amide bonds. The molecule has 3 unspecified atom stereocenters. The number of piperidine rings is 1. The SMILES string of the molecule is CCC1CCNCC1OC(=O)C(CCNc1cccc(F)c1)c1ccc(OC)nc1. The first kappa shape index (κ1) is 22.0. The Kier molecular flexibility index (Phi) is 8.02. The van der Waals surface area contributed by atoms with E-state index in [2.05, 4.69) is 22.5 Å². The van der Waals surface area contributed by atoms with Gasteiger partial charge in [-0.05, 0) is 55.5 Å². The van der Waals surface area contributed by atoms with Crippen LogP contribution in [0.4, 0.5) is 10.1 Å². The maximum Gasteiger partial charge on any atom is 0.313 e. The Morgan fingerprint density at radius 3 is 2.93 bits per heavy atom. The normalized spacial score (nSPS) is 19.7. The molecule has 1 aliphatic rings. The minimum absolute atomic E-state index is 0.124. The van der Waals surface area contributed by atoms with Gasteiger partial charge in [-0.1, -0.05) is 19.1 Å². The van der Waals surface area contributed by atoms with Crippen molar-refractivity contribution >= 4 is 11.7 Å². The molecule has 1 aliphatic heterocycles. The largest absolute Gasteiger partial charge is 0.481 e. The average molecular weight is 416 g/mol. The van der Waals surface area contributed by atoms with Gasteiger partial charge < -0.3 is 20.1 Å². The first-order valence-corrected chi connectivity index (χ1v) is 10.5. The molecular formula is C23H30FN3O3. The van der Waals surface area contributed by atoms with E-state index in [0.717, 1.165) is 24.9 Å². The molecule has 2 heterocycles. The number of pyridine rings is 1. The van der Waals surface area contributed by atoms with Crippen molar-refractivity contribution in [2.24, 2.45) is 5.92 Å². The molecule has 0 spiro atoms. The molecule has 0 aliphatic carbocycles. The van der Waals surface area contributed by atoms with Crippen molar-refractivity contribution in [2.45, 2.75) is 38.2 Å². The fourth-order valence-corrected chi connectivity index (χ4v) is 3.82. The lowest BCUT2D eigenvalue weighted by Gasteiger charge is -2.32. The van der Waals surface area contributed by atoms with E-state index < -0.39 is 5.92 Å². The summed E-state index contributed by atoms with van der Waals surface area (Å²) in [6.45, 7) is 4.26. The zero-order chi connectivity index (χ0) is 21.3. The van der Waals surface area contributed by atoms with Gasteiger partial charge >= 0.3 is 5.97 Å². The van der Waals surface area contributed by atoms with Gasteiger partial charge in [0.05, 0.1) is 13.0 Å². The molecule has 162 valence electrons. The molecule has 0 radical (unpaired) electrons. The van der Waals surface area contributed by atoms with Crippen LogP contribution in [-0.2, 0) is 9.53 Å². The van der Waals surface area contributed by atoms with E-state index in [1.807, 2.05) is 6.07 Å². The second kappa shape index (κ2) is 10.9. The quantitative estimate of drug-likeness (QED) is 0.608. The zero-order valence-corrected chi connectivity index (χ0v) is 17.6. The number of rotatable bonds is 9. The van der Waals surface area contributed by atoms with Crippen LogP contribution >= 0.6 is 0 Å². The first-order chi connectivity index (χ1) is 14.6. The molecule has 0 saturated carbocycles. The molecule has 7 heteroatoms. The molecular weight excluding hydrogens is 385 g/mol. The summed E-state index contributed by atoms with van der Waals surface area (Å²) in [7, 11) is 1.55. The average Bonchev–Trinajstić information content (AvgIpc) is 2.77. The van der Waals surface area contributed by atoms with Gasteiger partial charge in [-0.3, -0.25) is 4.79 Å². The van der Waals surface area contributed by atoms with Gasteiger partial charge in [-0.25, -0.2) is 9.37 Å². The highest BCUT2D eigenvalue weighted by Gasteiger charge is 2.30. The summed E-state index contributed by atoms with van der Waals surface area (Å²) in [6, 6.07) is 9.87. The number of methoxy groups -OCH3 is 1. The Labute approximate surface area is 177 Å². The fraction of sp³-hybridized carbons (Fsp3) is 0.478. The number of anilines is 1. The van der Waals surface area contributed by atoms with Crippen LogP contribution in [0.2, 0.25) is 0 Å². The summed E-state index contributed by atoms with van der Waals surface area (Å²) < 4.78 is 24.5. The Bertz CT molecular complexity index is 816. The summed E-state index contributed by atoms with van der Waals surface area (Å²) in [4.78, 5) is 17.4. The van der Waals surface area contributed by atoms with Crippen molar-refractivity contribution in [1.82, 2.24) is 10.3 Å². The van der Waals surface area contributed by atoms with E-state index in [4.69, 9.17) is 9.47 Å². The molecule has 3 rings (SSSR count). The number of halogens is 1. The Morgan fingerprint density at radius 1 is 1.37 bits per heavy atom. The Balaban J connectivity index is 1.69. The lowest BCUT2D eigenvalue weighted by atomic mass is 9.92. The van der Waals surface area contributed by atoms with Gasteiger partial charge in [0, 0.05) is 31.0 Å². The van der Waals surface area contributed by atoms with Crippen LogP contribution in [0.15, 0.2) is 42.6 Å². The molecule has 2 N–H and O–H groups in total. The predicted molar refractivity (Wildman–Crippen MR) is 114 cm³/mol. The second-order valence-corrected chi connectivity index (χ2v) is 7.55. The van der Waals surface area contributed by atoms with Crippen molar-refractivity contribution in [2.75, 3.05) is 32.1 Å². The first-order valence-electron chi connectivity index (χ1n) is 10.5. The number of hydrogen-bond acceptors (Lipinski definition) is 6. The van der Waals surface area contributed by atoms with Crippen LogP contribution in [0.25, 0.3) is 0 Å². The number of nitrogens with zero attached hydrogens (tertiary/aromatic N) is 1. The maximum atomic E-state index is 13.4. The summed E-state index contributed by atoms with van der Waals surface area (Å²) in [5.41, 5.74) is 1.45. The third-order valence-electron chi connectivity index (χ3n) is 5.60. The van der Waals surface area contributed by atoms with Crippen LogP contribution in [0.3, 0.4) is 0 Å². The number of nitrogens with one attached hydrogen (secondary N) is 2. The van der Waals surface area contributed by atoms with Gasteiger partial charge in [0.25, 0.3) is 0 Å². The van der Waals surface area contributed by atoms with Crippen LogP contribution in [-0.4, -0.2) is 43.8 Å². The predicted octanol–water partition coefficient (Wildman–Crippen LogP) is 3.75. The summed E-state index contributed by atoms with van der Waals surface area (Å²) >= 11 is 0. The smallest absolute Gasteiger partial charge is 0.313 e. The standard InChI is InChI=1S/C23H30FN3O3/c1-3-16-9-11-25-15-21(16)30-23(28)20(17-7-8-22(29-2)27-14-17)10-12-26-19-6-4-5-18(24)13-19/h4-8,13-14,16,20-21,25-26H,3,9-12,15H2,1-2H3. The van der Waals surface area contributed by atoms with Crippen molar-refractivity contribution in [3.8, 4) is 5.88 Å². The van der Waals surface area contributed by atoms with E-state index in [0.29, 0.717) is 37.0 Å². The monoisotopic (exact) mass is 415 g/mol. The zero-order valence-electron chi connectivity index (χ0n) is 17.6.